The van der Waals surface area contributed by atoms with Gasteiger partial charge in [0, 0.05) is 21.5 Å². The van der Waals surface area contributed by atoms with Crippen LogP contribution in [0.4, 0.5) is 0 Å². The first-order valence-electron chi connectivity index (χ1n) is 16.3. The van der Waals surface area contributed by atoms with Crippen LogP contribution in [0, 0.1) is 0 Å². The van der Waals surface area contributed by atoms with Crippen LogP contribution in [0.1, 0.15) is 0 Å². The van der Waals surface area contributed by atoms with Gasteiger partial charge in [0.2, 0.25) is 0 Å². The van der Waals surface area contributed by atoms with Crippen LogP contribution >= 0.6 is 0 Å². The fourth-order valence-electron chi connectivity index (χ4n) is 7.91. The summed E-state index contributed by atoms with van der Waals surface area (Å²) in [6.45, 7) is 0. The molecule has 0 bridgehead atoms. The van der Waals surface area contributed by atoms with E-state index in [1.807, 2.05) is 6.20 Å². The number of aromatic nitrogens is 4. The maximum atomic E-state index is 5.47. The first kappa shape index (κ1) is 25.6. The number of nitrogens with zero attached hydrogens (tertiary/aromatic N) is 4. The molecular weight excluding hydrogens is 585 g/mol. The smallest absolute Gasteiger partial charge is 0.164 e. The van der Waals surface area contributed by atoms with E-state index in [1.54, 1.807) is 0 Å². The van der Waals surface area contributed by atoms with Crippen LogP contribution in [0.5, 0.6) is 0 Å². The highest BCUT2D eigenvalue weighted by molar-refractivity contribution is 6.17. The number of hydrogen-bond acceptors (Lipinski definition) is 2. The van der Waals surface area contributed by atoms with E-state index >= 15 is 0 Å². The van der Waals surface area contributed by atoms with Gasteiger partial charge in [-0.15, -0.1) is 0 Å². The summed E-state index contributed by atoms with van der Waals surface area (Å²) in [5.41, 5.74) is 6.17. The molecule has 0 saturated heterocycles. The topological polar surface area (TPSA) is 35.6 Å². The standard InChI is InChI=1S/C44H26N4/c1-3-13-29-23-40-36(21-27(29)11-1)37-22-28-12-2-4-14-30(28)24-41(37)47(40)42-26-45-44-43(46-42)35-19-9-10-20-38(35)48(44)39-25-31-15-5-6-16-32(31)33-17-7-8-18-34(33)39/h1-26H. The van der Waals surface area contributed by atoms with Gasteiger partial charge in [-0.3, -0.25) is 9.13 Å². The monoisotopic (exact) mass is 610 g/mol. The van der Waals surface area contributed by atoms with Crippen molar-refractivity contribution >= 4 is 87.0 Å². The molecule has 8 aromatic carbocycles. The second-order valence-corrected chi connectivity index (χ2v) is 12.7. The average molecular weight is 611 g/mol. The number of hydrogen-bond donors (Lipinski definition) is 0. The SMILES string of the molecule is c1ccc2cc3c(cc2c1)c1cc2ccccc2cc1n3-c1cnc2c(n1)c1ccccc1n2-c1cc2ccccc2c2ccccc12. The molecule has 0 saturated carbocycles. The molecule has 3 heterocycles. The minimum absolute atomic E-state index is 0.805. The van der Waals surface area contributed by atoms with E-state index in [2.05, 4.69) is 161 Å². The van der Waals surface area contributed by atoms with E-state index in [0.717, 1.165) is 44.6 Å². The summed E-state index contributed by atoms with van der Waals surface area (Å²) in [4.78, 5) is 10.7. The Morgan fingerprint density at radius 2 is 0.896 bits per heavy atom. The quantitative estimate of drug-likeness (QED) is 0.183. The van der Waals surface area contributed by atoms with E-state index in [9.17, 15) is 0 Å². The van der Waals surface area contributed by atoms with Gasteiger partial charge in [-0.2, -0.15) is 0 Å². The van der Waals surface area contributed by atoms with Gasteiger partial charge < -0.3 is 0 Å². The Morgan fingerprint density at radius 3 is 1.56 bits per heavy atom. The molecule has 4 heteroatoms. The third kappa shape index (κ3) is 3.49. The molecule has 222 valence electrons. The van der Waals surface area contributed by atoms with Gasteiger partial charge >= 0.3 is 0 Å². The van der Waals surface area contributed by atoms with E-state index in [0.29, 0.717) is 0 Å². The van der Waals surface area contributed by atoms with Crippen molar-refractivity contribution in [1.29, 1.82) is 0 Å². The minimum Gasteiger partial charge on any atom is -0.292 e. The Hall–Kier alpha value is -6.52. The van der Waals surface area contributed by atoms with E-state index in [4.69, 9.17) is 9.97 Å². The lowest BCUT2D eigenvalue weighted by Gasteiger charge is -2.14. The van der Waals surface area contributed by atoms with Crippen LogP contribution in [-0.4, -0.2) is 19.1 Å². The summed E-state index contributed by atoms with van der Waals surface area (Å²) in [5.74, 6) is 0.805. The Labute approximate surface area is 274 Å². The summed E-state index contributed by atoms with van der Waals surface area (Å²) in [7, 11) is 0. The van der Waals surface area contributed by atoms with Crippen LogP contribution in [0.25, 0.3) is 98.5 Å². The molecule has 0 atom stereocenters. The largest absolute Gasteiger partial charge is 0.292 e. The molecule has 0 radical (unpaired) electrons. The van der Waals surface area contributed by atoms with Gasteiger partial charge in [-0.05, 0) is 74.1 Å². The lowest BCUT2D eigenvalue weighted by Crippen LogP contribution is -2.01. The third-order valence-corrected chi connectivity index (χ3v) is 10.1. The molecule has 0 spiro atoms. The van der Waals surface area contributed by atoms with Crippen molar-refractivity contribution in [3.05, 3.63) is 158 Å². The Balaban J connectivity index is 1.25. The van der Waals surface area contributed by atoms with Gasteiger partial charge in [0.05, 0.1) is 28.4 Å². The maximum absolute atomic E-state index is 5.47. The van der Waals surface area contributed by atoms with Crippen molar-refractivity contribution in [1.82, 2.24) is 19.1 Å². The second-order valence-electron chi connectivity index (χ2n) is 12.7. The highest BCUT2D eigenvalue weighted by atomic mass is 15.1. The summed E-state index contributed by atoms with van der Waals surface area (Å²) < 4.78 is 4.59. The molecule has 4 nitrogen and oxygen atoms in total. The summed E-state index contributed by atoms with van der Waals surface area (Å²) in [5, 5.41) is 13.2. The fourth-order valence-corrected chi connectivity index (χ4v) is 7.91. The van der Waals surface area contributed by atoms with Crippen molar-refractivity contribution in [3.8, 4) is 11.5 Å². The van der Waals surface area contributed by atoms with Crippen LogP contribution in [0.2, 0.25) is 0 Å². The number of para-hydroxylation sites is 1. The summed E-state index contributed by atoms with van der Waals surface area (Å²) >= 11 is 0. The first-order chi connectivity index (χ1) is 23.8. The van der Waals surface area contributed by atoms with Crippen molar-refractivity contribution < 1.29 is 0 Å². The first-order valence-corrected chi connectivity index (χ1v) is 16.3. The van der Waals surface area contributed by atoms with Crippen LogP contribution in [0.3, 0.4) is 0 Å². The molecule has 0 unspecified atom stereocenters. The molecular formula is C44H26N4. The summed E-state index contributed by atoms with van der Waals surface area (Å²) in [6, 6.07) is 54.5. The zero-order valence-electron chi connectivity index (χ0n) is 25.8. The number of rotatable bonds is 2. The molecule has 48 heavy (non-hydrogen) atoms. The Kier molecular flexibility index (Phi) is 5.08. The highest BCUT2D eigenvalue weighted by Crippen LogP contribution is 2.39. The molecule has 0 N–H and O–H groups in total. The Bertz CT molecular complexity index is 3030. The van der Waals surface area contributed by atoms with Crippen LogP contribution in [0.15, 0.2) is 158 Å². The van der Waals surface area contributed by atoms with E-state index in [-0.39, 0.29) is 0 Å². The molecule has 0 amide bonds. The van der Waals surface area contributed by atoms with Crippen LogP contribution in [-0.2, 0) is 0 Å². The van der Waals surface area contributed by atoms with Gasteiger partial charge in [0.15, 0.2) is 11.5 Å². The predicted octanol–water partition coefficient (Wildman–Crippen LogP) is 11.3. The van der Waals surface area contributed by atoms with Crippen LogP contribution < -0.4 is 0 Å². The lowest BCUT2D eigenvalue weighted by molar-refractivity contribution is 1.06. The average Bonchev–Trinajstić information content (AvgIpc) is 3.63. The molecule has 0 aliphatic heterocycles. The van der Waals surface area contributed by atoms with Gasteiger partial charge in [-0.1, -0.05) is 115 Å². The van der Waals surface area contributed by atoms with Gasteiger partial charge in [-0.25, -0.2) is 9.97 Å². The van der Waals surface area contributed by atoms with E-state index in [1.165, 1.54) is 53.9 Å². The van der Waals surface area contributed by atoms with Crippen molar-refractivity contribution in [2.75, 3.05) is 0 Å². The predicted molar refractivity (Wildman–Crippen MR) is 201 cm³/mol. The maximum Gasteiger partial charge on any atom is 0.164 e. The van der Waals surface area contributed by atoms with E-state index < -0.39 is 0 Å². The lowest BCUT2D eigenvalue weighted by atomic mass is 10.00. The number of benzene rings is 8. The third-order valence-electron chi connectivity index (χ3n) is 10.1. The zero-order valence-corrected chi connectivity index (χ0v) is 25.8. The van der Waals surface area contributed by atoms with Crippen molar-refractivity contribution in [2.24, 2.45) is 0 Å². The highest BCUT2D eigenvalue weighted by Gasteiger charge is 2.21. The minimum atomic E-state index is 0.805. The second kappa shape index (κ2) is 9.50. The van der Waals surface area contributed by atoms with Crippen molar-refractivity contribution in [2.45, 2.75) is 0 Å². The zero-order chi connectivity index (χ0) is 31.3. The molecule has 3 aromatic heterocycles. The molecule has 0 aliphatic carbocycles. The number of fused-ring (bicyclic) bond motifs is 11. The fraction of sp³-hybridized carbons (Fsp3) is 0. The van der Waals surface area contributed by atoms with Gasteiger partial charge in [0.1, 0.15) is 5.52 Å². The molecule has 11 rings (SSSR count). The Morgan fingerprint density at radius 1 is 0.375 bits per heavy atom. The van der Waals surface area contributed by atoms with Gasteiger partial charge in [0.25, 0.3) is 0 Å². The molecule has 0 fully saturated rings. The normalized spacial score (nSPS) is 12.2. The summed E-state index contributed by atoms with van der Waals surface area (Å²) in [6.07, 6.45) is 1.95. The molecule has 0 aliphatic rings. The van der Waals surface area contributed by atoms with Crippen molar-refractivity contribution in [3.63, 3.8) is 0 Å². The molecule has 11 aromatic rings.